The van der Waals surface area contributed by atoms with Crippen LogP contribution in [0.3, 0.4) is 0 Å². The first kappa shape index (κ1) is 19.2. The number of pyridine rings is 1. The van der Waals surface area contributed by atoms with Gasteiger partial charge < -0.3 is 20.1 Å². The Hall–Kier alpha value is -2.60. The number of likely N-dealkylation sites (tertiary alicyclic amines) is 1. The van der Waals surface area contributed by atoms with Gasteiger partial charge in [-0.25, -0.2) is 9.78 Å². The zero-order chi connectivity index (χ0) is 19.1. The van der Waals surface area contributed by atoms with Gasteiger partial charge in [0.15, 0.2) is 0 Å². The number of hydrogen-bond acceptors (Lipinski definition) is 4. The van der Waals surface area contributed by atoms with Gasteiger partial charge in [0.1, 0.15) is 0 Å². The molecule has 0 spiro atoms. The fourth-order valence-corrected chi connectivity index (χ4v) is 3.70. The van der Waals surface area contributed by atoms with Crippen LogP contribution in [0.5, 0.6) is 5.88 Å². The number of hydrogen-bond donors (Lipinski definition) is 2. The molecule has 1 atom stereocenters. The number of carbonyl (C=O) groups excluding carboxylic acids is 1. The van der Waals surface area contributed by atoms with E-state index in [0.29, 0.717) is 25.5 Å². The van der Waals surface area contributed by atoms with Crippen molar-refractivity contribution in [3.05, 3.63) is 59.8 Å². The number of benzene rings is 1. The zero-order valence-electron chi connectivity index (χ0n) is 15.7. The Morgan fingerprint density at radius 2 is 2.11 bits per heavy atom. The maximum atomic E-state index is 12.7. The number of rotatable bonds is 6. The van der Waals surface area contributed by atoms with E-state index in [2.05, 4.69) is 22.4 Å². The SMILES string of the molecule is COc1cc(CNC(=O)N2CCCC(CO)(Cc3ccccc3)C2)ccn1. The van der Waals surface area contributed by atoms with E-state index in [1.165, 1.54) is 5.56 Å². The molecule has 0 bridgehead atoms. The molecule has 1 aromatic carbocycles. The standard InChI is InChI=1S/C21H27N3O3/c1-27-19-12-18(8-10-22-19)14-23-20(26)24-11-5-9-21(15-24,16-25)13-17-6-3-2-4-7-17/h2-4,6-8,10,12,25H,5,9,11,13-16H2,1H3,(H,23,26). The number of nitrogens with zero attached hydrogens (tertiary/aromatic N) is 2. The average molecular weight is 369 g/mol. The van der Waals surface area contributed by atoms with E-state index in [9.17, 15) is 9.90 Å². The molecule has 2 aromatic rings. The largest absolute Gasteiger partial charge is 0.481 e. The van der Waals surface area contributed by atoms with E-state index in [-0.39, 0.29) is 18.1 Å². The Balaban J connectivity index is 1.61. The first-order valence-electron chi connectivity index (χ1n) is 9.31. The van der Waals surface area contributed by atoms with Gasteiger partial charge in [0.05, 0.1) is 13.7 Å². The van der Waals surface area contributed by atoms with Gasteiger partial charge in [-0.05, 0) is 36.5 Å². The lowest BCUT2D eigenvalue weighted by molar-refractivity contribution is 0.0471. The molecule has 0 saturated carbocycles. The molecule has 1 aliphatic rings. The van der Waals surface area contributed by atoms with Crippen molar-refractivity contribution >= 4 is 6.03 Å². The molecule has 1 aliphatic heterocycles. The number of urea groups is 1. The average Bonchev–Trinajstić information content (AvgIpc) is 2.73. The van der Waals surface area contributed by atoms with Crippen molar-refractivity contribution in [3.63, 3.8) is 0 Å². The second-order valence-electron chi connectivity index (χ2n) is 7.21. The summed E-state index contributed by atoms with van der Waals surface area (Å²) in [4.78, 5) is 18.6. The van der Waals surface area contributed by atoms with Crippen LogP contribution < -0.4 is 10.1 Å². The summed E-state index contributed by atoms with van der Waals surface area (Å²) < 4.78 is 5.11. The number of aromatic nitrogens is 1. The highest BCUT2D eigenvalue weighted by Crippen LogP contribution is 2.33. The first-order valence-corrected chi connectivity index (χ1v) is 9.31. The summed E-state index contributed by atoms with van der Waals surface area (Å²) in [6, 6.07) is 13.7. The van der Waals surface area contributed by atoms with Crippen LogP contribution in [-0.4, -0.2) is 47.8 Å². The highest BCUT2D eigenvalue weighted by molar-refractivity contribution is 5.74. The zero-order valence-corrected chi connectivity index (χ0v) is 15.7. The van der Waals surface area contributed by atoms with Crippen molar-refractivity contribution in [2.45, 2.75) is 25.8 Å². The number of ether oxygens (including phenoxy) is 1. The highest BCUT2D eigenvalue weighted by Gasteiger charge is 2.36. The van der Waals surface area contributed by atoms with Crippen molar-refractivity contribution in [1.82, 2.24) is 15.2 Å². The summed E-state index contributed by atoms with van der Waals surface area (Å²) in [6.45, 7) is 1.76. The molecule has 1 aromatic heterocycles. The Morgan fingerprint density at radius 1 is 1.30 bits per heavy atom. The second-order valence-corrected chi connectivity index (χ2v) is 7.21. The monoisotopic (exact) mass is 369 g/mol. The van der Waals surface area contributed by atoms with Gasteiger partial charge >= 0.3 is 6.03 Å². The van der Waals surface area contributed by atoms with Gasteiger partial charge in [0.2, 0.25) is 5.88 Å². The molecule has 2 heterocycles. The Kier molecular flexibility index (Phi) is 6.29. The summed E-state index contributed by atoms with van der Waals surface area (Å²) in [6.07, 6.45) is 4.25. The molecule has 2 amide bonds. The van der Waals surface area contributed by atoms with Crippen LogP contribution >= 0.6 is 0 Å². The van der Waals surface area contributed by atoms with Crippen molar-refractivity contribution in [2.75, 3.05) is 26.8 Å². The lowest BCUT2D eigenvalue weighted by atomic mass is 9.76. The number of nitrogens with one attached hydrogen (secondary N) is 1. The Morgan fingerprint density at radius 3 is 2.85 bits per heavy atom. The van der Waals surface area contributed by atoms with E-state index >= 15 is 0 Å². The molecule has 144 valence electrons. The van der Waals surface area contributed by atoms with Crippen LogP contribution in [-0.2, 0) is 13.0 Å². The Bertz CT molecular complexity index is 753. The van der Waals surface area contributed by atoms with Crippen LogP contribution in [0.25, 0.3) is 0 Å². The fourth-order valence-electron chi connectivity index (χ4n) is 3.70. The van der Waals surface area contributed by atoms with Crippen molar-refractivity contribution in [3.8, 4) is 5.88 Å². The maximum Gasteiger partial charge on any atom is 0.317 e. The lowest BCUT2D eigenvalue weighted by Crippen LogP contribution is -2.51. The minimum Gasteiger partial charge on any atom is -0.481 e. The molecule has 2 N–H and O–H groups in total. The maximum absolute atomic E-state index is 12.7. The number of aliphatic hydroxyl groups excluding tert-OH is 1. The molecular formula is C21H27N3O3. The van der Waals surface area contributed by atoms with Gasteiger partial charge in [0, 0.05) is 37.3 Å². The van der Waals surface area contributed by atoms with E-state index < -0.39 is 0 Å². The van der Waals surface area contributed by atoms with Gasteiger partial charge in [-0.3, -0.25) is 0 Å². The normalized spacial score (nSPS) is 19.6. The third kappa shape index (κ3) is 4.98. The van der Waals surface area contributed by atoms with Crippen LogP contribution in [0.1, 0.15) is 24.0 Å². The number of amides is 2. The van der Waals surface area contributed by atoms with Crippen LogP contribution in [0, 0.1) is 5.41 Å². The van der Waals surface area contributed by atoms with Crippen LogP contribution in [0.15, 0.2) is 48.7 Å². The third-order valence-corrected chi connectivity index (χ3v) is 5.16. The van der Waals surface area contributed by atoms with Crippen molar-refractivity contribution < 1.29 is 14.6 Å². The summed E-state index contributed by atoms with van der Waals surface area (Å²) in [5.74, 6) is 0.530. The molecule has 1 fully saturated rings. The quantitative estimate of drug-likeness (QED) is 0.821. The molecular weight excluding hydrogens is 342 g/mol. The molecule has 1 saturated heterocycles. The van der Waals surface area contributed by atoms with E-state index in [4.69, 9.17) is 4.74 Å². The summed E-state index contributed by atoms with van der Waals surface area (Å²) in [5.41, 5.74) is 1.85. The molecule has 0 radical (unpaired) electrons. The van der Waals surface area contributed by atoms with Crippen LogP contribution in [0.4, 0.5) is 4.79 Å². The van der Waals surface area contributed by atoms with Crippen LogP contribution in [0.2, 0.25) is 0 Å². The number of piperidine rings is 1. The van der Waals surface area contributed by atoms with E-state index in [1.807, 2.05) is 35.2 Å². The Labute approximate surface area is 160 Å². The first-order chi connectivity index (χ1) is 13.1. The number of aliphatic hydroxyl groups is 1. The molecule has 0 aliphatic carbocycles. The molecule has 6 nitrogen and oxygen atoms in total. The summed E-state index contributed by atoms with van der Waals surface area (Å²) in [7, 11) is 1.57. The lowest BCUT2D eigenvalue weighted by Gasteiger charge is -2.42. The number of carbonyl (C=O) groups is 1. The smallest absolute Gasteiger partial charge is 0.317 e. The van der Waals surface area contributed by atoms with Gasteiger partial charge in [0.25, 0.3) is 0 Å². The minimum absolute atomic E-state index is 0.0766. The van der Waals surface area contributed by atoms with Crippen molar-refractivity contribution in [2.24, 2.45) is 5.41 Å². The molecule has 3 rings (SSSR count). The van der Waals surface area contributed by atoms with Gasteiger partial charge in [-0.15, -0.1) is 0 Å². The predicted molar refractivity (Wildman–Crippen MR) is 103 cm³/mol. The molecule has 27 heavy (non-hydrogen) atoms. The highest BCUT2D eigenvalue weighted by atomic mass is 16.5. The number of methoxy groups -OCH3 is 1. The van der Waals surface area contributed by atoms with E-state index in [1.54, 1.807) is 13.3 Å². The van der Waals surface area contributed by atoms with Gasteiger partial charge in [-0.1, -0.05) is 30.3 Å². The minimum atomic E-state index is -0.281. The fraction of sp³-hybridized carbons (Fsp3) is 0.429. The summed E-state index contributed by atoms with van der Waals surface area (Å²) in [5, 5.41) is 13.1. The van der Waals surface area contributed by atoms with E-state index in [0.717, 1.165) is 24.8 Å². The topological polar surface area (TPSA) is 74.7 Å². The third-order valence-electron chi connectivity index (χ3n) is 5.16. The van der Waals surface area contributed by atoms with Gasteiger partial charge in [-0.2, -0.15) is 0 Å². The molecule has 1 unspecified atom stereocenters. The molecule has 6 heteroatoms. The second kappa shape index (κ2) is 8.86. The van der Waals surface area contributed by atoms with Crippen molar-refractivity contribution in [1.29, 1.82) is 0 Å². The summed E-state index contributed by atoms with van der Waals surface area (Å²) >= 11 is 0. The predicted octanol–water partition coefficient (Wildman–Crippen LogP) is 2.62.